The molecule has 4 nitrogen and oxygen atoms in total. The predicted octanol–water partition coefficient (Wildman–Crippen LogP) is 3.31. The molecule has 1 amide bonds. The Kier molecular flexibility index (Phi) is 4.15. The van der Waals surface area contributed by atoms with E-state index in [0.29, 0.717) is 10.8 Å². The zero-order valence-corrected chi connectivity index (χ0v) is 12.3. The lowest BCUT2D eigenvalue weighted by Crippen LogP contribution is -2.38. The molecule has 1 aromatic heterocycles. The summed E-state index contributed by atoms with van der Waals surface area (Å²) in [4.78, 5) is 16.2. The van der Waals surface area contributed by atoms with Crippen molar-refractivity contribution < 1.29 is 13.9 Å². The molecule has 106 valence electrons. The molecule has 0 radical (unpaired) electrons. The Hall–Kier alpha value is -1.79. The fraction of sp³-hybridized carbons (Fsp3) is 0.286. The van der Waals surface area contributed by atoms with Gasteiger partial charge in [-0.05, 0) is 38.1 Å². The molecule has 1 aromatic carbocycles. The van der Waals surface area contributed by atoms with Gasteiger partial charge in [-0.15, -0.1) is 11.3 Å². The Bertz CT molecular complexity index is 608. The second-order valence-electron chi connectivity index (χ2n) is 4.71. The lowest BCUT2D eigenvalue weighted by Gasteiger charge is -2.20. The van der Waals surface area contributed by atoms with Crippen molar-refractivity contribution in [2.75, 3.05) is 12.4 Å². The maximum Gasteiger partial charge on any atom is 0.257 e. The van der Waals surface area contributed by atoms with E-state index in [4.69, 9.17) is 4.74 Å². The highest BCUT2D eigenvalue weighted by molar-refractivity contribution is 7.14. The Morgan fingerprint density at radius 2 is 2.00 bits per heavy atom. The molecule has 0 saturated carbocycles. The Balaban J connectivity index is 2.14. The van der Waals surface area contributed by atoms with Crippen LogP contribution in [-0.2, 0) is 9.53 Å². The zero-order chi connectivity index (χ0) is 14.8. The molecule has 0 unspecified atom stereocenters. The molecule has 0 aliphatic heterocycles. The molecule has 20 heavy (non-hydrogen) atoms. The number of halogens is 1. The lowest BCUT2D eigenvalue weighted by atomic mass is 10.1. The van der Waals surface area contributed by atoms with Crippen molar-refractivity contribution in [2.24, 2.45) is 0 Å². The van der Waals surface area contributed by atoms with Crippen molar-refractivity contribution in [1.29, 1.82) is 0 Å². The minimum atomic E-state index is -0.915. The number of thiazole rings is 1. The van der Waals surface area contributed by atoms with Crippen LogP contribution in [0.15, 0.2) is 29.6 Å². The third-order valence-electron chi connectivity index (χ3n) is 2.92. The molecule has 1 N–H and O–H groups in total. The van der Waals surface area contributed by atoms with Gasteiger partial charge >= 0.3 is 0 Å². The summed E-state index contributed by atoms with van der Waals surface area (Å²) in [6.45, 7) is 3.35. The first kappa shape index (κ1) is 14.6. The van der Waals surface area contributed by atoms with E-state index < -0.39 is 5.60 Å². The molecular formula is C14H15FN2O2S. The van der Waals surface area contributed by atoms with Crippen LogP contribution in [0.2, 0.25) is 0 Å². The van der Waals surface area contributed by atoms with Gasteiger partial charge in [-0.1, -0.05) is 0 Å². The van der Waals surface area contributed by atoms with E-state index in [9.17, 15) is 9.18 Å². The summed E-state index contributed by atoms with van der Waals surface area (Å²) in [6, 6.07) is 6.05. The first-order chi connectivity index (χ1) is 9.42. The average Bonchev–Trinajstić information content (AvgIpc) is 2.88. The van der Waals surface area contributed by atoms with Crippen molar-refractivity contribution in [3.8, 4) is 11.3 Å². The monoisotopic (exact) mass is 294 g/mol. The first-order valence-corrected chi connectivity index (χ1v) is 6.88. The highest BCUT2D eigenvalue weighted by atomic mass is 32.1. The van der Waals surface area contributed by atoms with Crippen molar-refractivity contribution in [2.45, 2.75) is 19.4 Å². The van der Waals surface area contributed by atoms with Crippen LogP contribution in [0.4, 0.5) is 9.52 Å². The van der Waals surface area contributed by atoms with Crippen LogP contribution in [0, 0.1) is 5.82 Å². The summed E-state index contributed by atoms with van der Waals surface area (Å²) >= 11 is 1.31. The van der Waals surface area contributed by atoms with Gasteiger partial charge in [-0.3, -0.25) is 10.1 Å². The molecular weight excluding hydrogens is 279 g/mol. The molecule has 0 aliphatic rings. The van der Waals surface area contributed by atoms with E-state index in [2.05, 4.69) is 10.3 Å². The van der Waals surface area contributed by atoms with Crippen molar-refractivity contribution >= 4 is 22.4 Å². The van der Waals surface area contributed by atoms with Gasteiger partial charge in [0.1, 0.15) is 11.4 Å². The maximum atomic E-state index is 12.9. The van der Waals surface area contributed by atoms with E-state index in [1.807, 2.05) is 5.38 Å². The molecule has 0 aliphatic carbocycles. The summed E-state index contributed by atoms with van der Waals surface area (Å²) < 4.78 is 18.0. The Morgan fingerprint density at radius 3 is 2.60 bits per heavy atom. The van der Waals surface area contributed by atoms with Gasteiger partial charge in [0.2, 0.25) is 0 Å². The highest BCUT2D eigenvalue weighted by Gasteiger charge is 2.27. The minimum Gasteiger partial charge on any atom is -0.369 e. The summed E-state index contributed by atoms with van der Waals surface area (Å²) in [5, 5.41) is 5.00. The van der Waals surface area contributed by atoms with E-state index in [0.717, 1.165) is 5.56 Å². The quantitative estimate of drug-likeness (QED) is 0.941. The van der Waals surface area contributed by atoms with Gasteiger partial charge in [0.25, 0.3) is 5.91 Å². The fourth-order valence-electron chi connectivity index (χ4n) is 1.42. The number of hydrogen-bond acceptors (Lipinski definition) is 4. The summed E-state index contributed by atoms with van der Waals surface area (Å²) in [6.07, 6.45) is 0. The molecule has 6 heteroatoms. The molecule has 2 rings (SSSR count). The number of benzene rings is 1. The molecule has 0 fully saturated rings. The SMILES string of the molecule is COC(C)(C)C(=O)Nc1nc(-c2ccc(F)cc2)cs1. The molecule has 1 heterocycles. The number of carbonyl (C=O) groups excluding carboxylic acids is 1. The van der Waals surface area contributed by atoms with Crippen LogP contribution in [0.25, 0.3) is 11.3 Å². The van der Waals surface area contributed by atoms with E-state index >= 15 is 0 Å². The van der Waals surface area contributed by atoms with Crippen LogP contribution < -0.4 is 5.32 Å². The van der Waals surface area contributed by atoms with Crippen LogP contribution in [-0.4, -0.2) is 23.6 Å². The third kappa shape index (κ3) is 3.20. The van der Waals surface area contributed by atoms with Gasteiger partial charge in [0.05, 0.1) is 5.69 Å². The van der Waals surface area contributed by atoms with Gasteiger partial charge in [-0.25, -0.2) is 9.37 Å². The van der Waals surface area contributed by atoms with E-state index in [1.165, 1.54) is 30.6 Å². The van der Waals surface area contributed by atoms with Crippen LogP contribution in [0.1, 0.15) is 13.8 Å². The number of ether oxygens (including phenoxy) is 1. The van der Waals surface area contributed by atoms with E-state index in [-0.39, 0.29) is 11.7 Å². The van der Waals surface area contributed by atoms with Crippen molar-refractivity contribution in [1.82, 2.24) is 4.98 Å². The number of carbonyl (C=O) groups is 1. The van der Waals surface area contributed by atoms with Crippen LogP contribution in [0.3, 0.4) is 0 Å². The minimum absolute atomic E-state index is 0.264. The van der Waals surface area contributed by atoms with Crippen molar-refractivity contribution in [3.05, 3.63) is 35.5 Å². The van der Waals surface area contributed by atoms with Gasteiger partial charge < -0.3 is 4.74 Å². The van der Waals surface area contributed by atoms with Gasteiger partial charge in [0, 0.05) is 18.1 Å². The molecule has 0 saturated heterocycles. The summed E-state index contributed by atoms with van der Waals surface area (Å²) in [5.74, 6) is -0.556. The van der Waals surface area contributed by atoms with E-state index in [1.54, 1.807) is 26.0 Å². The third-order valence-corrected chi connectivity index (χ3v) is 3.68. The maximum absolute atomic E-state index is 12.9. The molecule has 2 aromatic rings. The van der Waals surface area contributed by atoms with Crippen molar-refractivity contribution in [3.63, 3.8) is 0 Å². The topological polar surface area (TPSA) is 51.2 Å². The highest BCUT2D eigenvalue weighted by Crippen LogP contribution is 2.25. The summed E-state index contributed by atoms with van der Waals surface area (Å²) in [7, 11) is 1.48. The predicted molar refractivity (Wildman–Crippen MR) is 77.2 cm³/mol. The number of nitrogens with one attached hydrogen (secondary N) is 1. The number of amides is 1. The number of rotatable bonds is 4. The Labute approximate surface area is 120 Å². The van der Waals surface area contributed by atoms with Crippen LogP contribution in [0.5, 0.6) is 0 Å². The molecule has 0 atom stereocenters. The smallest absolute Gasteiger partial charge is 0.257 e. The largest absolute Gasteiger partial charge is 0.369 e. The van der Waals surface area contributed by atoms with Gasteiger partial charge in [0.15, 0.2) is 5.13 Å². The number of nitrogens with zero attached hydrogens (tertiary/aromatic N) is 1. The van der Waals surface area contributed by atoms with Crippen LogP contribution >= 0.6 is 11.3 Å². The zero-order valence-electron chi connectivity index (χ0n) is 11.4. The lowest BCUT2D eigenvalue weighted by molar-refractivity contribution is -0.133. The Morgan fingerprint density at radius 1 is 1.35 bits per heavy atom. The number of anilines is 1. The standard InChI is InChI=1S/C14H15FN2O2S/c1-14(2,19-3)12(18)17-13-16-11(8-20-13)9-4-6-10(15)7-5-9/h4-8H,1-3H3,(H,16,17,18). The number of hydrogen-bond donors (Lipinski definition) is 1. The molecule has 0 spiro atoms. The average molecular weight is 294 g/mol. The first-order valence-electron chi connectivity index (χ1n) is 6.00. The second-order valence-corrected chi connectivity index (χ2v) is 5.57. The number of methoxy groups -OCH3 is 1. The fourth-order valence-corrected chi connectivity index (χ4v) is 2.14. The summed E-state index contributed by atoms with van der Waals surface area (Å²) in [5.41, 5.74) is 0.580. The molecule has 0 bridgehead atoms. The normalized spacial score (nSPS) is 11.4. The second kappa shape index (κ2) is 5.68. The number of aromatic nitrogens is 1. The van der Waals surface area contributed by atoms with Gasteiger partial charge in [-0.2, -0.15) is 0 Å².